The predicted octanol–water partition coefficient (Wildman–Crippen LogP) is 3.76. The number of nitrogens with one attached hydrogen (secondary N) is 1. The highest BCUT2D eigenvalue weighted by atomic mass is 16.5. The SMILES string of the molecule is COc1ccc(-c2nc(Cn3nnc(C(=O)Nc4cc(C)cc(C)c4)c3N)c(C)o2)c(OC)c1. The van der Waals surface area contributed by atoms with Gasteiger partial charge in [0.25, 0.3) is 5.91 Å². The van der Waals surface area contributed by atoms with Gasteiger partial charge < -0.3 is 24.9 Å². The van der Waals surface area contributed by atoms with E-state index in [0.717, 1.165) is 11.1 Å². The van der Waals surface area contributed by atoms with Gasteiger partial charge in [-0.2, -0.15) is 0 Å². The molecule has 4 aromatic rings. The standard InChI is InChI=1S/C24H26N6O4/c1-13-8-14(2)10-16(9-13)26-23(31)21-22(25)30(29-28-21)12-19-15(3)34-24(27-19)18-7-6-17(32-4)11-20(18)33-5/h6-11H,12,25H2,1-5H3,(H,26,31). The Balaban J connectivity index is 1.56. The van der Waals surface area contributed by atoms with Crippen molar-refractivity contribution in [1.82, 2.24) is 20.0 Å². The number of ether oxygens (including phenoxy) is 2. The molecule has 0 unspecified atom stereocenters. The first kappa shape index (κ1) is 22.8. The number of nitrogen functional groups attached to an aromatic ring is 1. The van der Waals surface area contributed by atoms with Gasteiger partial charge in [0.15, 0.2) is 11.5 Å². The van der Waals surface area contributed by atoms with E-state index in [4.69, 9.17) is 19.6 Å². The summed E-state index contributed by atoms with van der Waals surface area (Å²) in [5.41, 5.74) is 10.3. The Labute approximate surface area is 196 Å². The quantitative estimate of drug-likeness (QED) is 0.425. The number of aromatic nitrogens is 4. The molecule has 1 amide bonds. The minimum atomic E-state index is -0.436. The highest BCUT2D eigenvalue weighted by molar-refractivity contribution is 6.05. The van der Waals surface area contributed by atoms with Crippen LogP contribution in [-0.4, -0.2) is 40.1 Å². The second kappa shape index (κ2) is 9.26. The van der Waals surface area contributed by atoms with E-state index < -0.39 is 5.91 Å². The number of oxazole rings is 1. The first-order chi connectivity index (χ1) is 16.3. The average molecular weight is 463 g/mol. The van der Waals surface area contributed by atoms with Crippen LogP contribution in [0.4, 0.5) is 11.5 Å². The van der Waals surface area contributed by atoms with E-state index in [0.29, 0.717) is 40.1 Å². The van der Waals surface area contributed by atoms with Gasteiger partial charge in [0.1, 0.15) is 23.0 Å². The smallest absolute Gasteiger partial charge is 0.280 e. The minimum Gasteiger partial charge on any atom is -0.497 e. The molecule has 2 aromatic carbocycles. The zero-order valence-electron chi connectivity index (χ0n) is 19.7. The van der Waals surface area contributed by atoms with Crippen molar-refractivity contribution in [3.63, 3.8) is 0 Å². The van der Waals surface area contributed by atoms with Crippen LogP contribution in [0.5, 0.6) is 11.5 Å². The normalized spacial score (nSPS) is 10.9. The van der Waals surface area contributed by atoms with Crippen LogP contribution in [0.2, 0.25) is 0 Å². The van der Waals surface area contributed by atoms with Crippen molar-refractivity contribution in [2.24, 2.45) is 0 Å². The fourth-order valence-corrected chi connectivity index (χ4v) is 3.64. The molecule has 0 saturated heterocycles. The molecule has 0 aliphatic rings. The van der Waals surface area contributed by atoms with Crippen molar-refractivity contribution in [2.75, 3.05) is 25.3 Å². The maximum absolute atomic E-state index is 12.7. The van der Waals surface area contributed by atoms with Gasteiger partial charge in [0, 0.05) is 11.8 Å². The Bertz CT molecular complexity index is 1340. The second-order valence-corrected chi connectivity index (χ2v) is 7.90. The zero-order chi connectivity index (χ0) is 24.4. The Hall–Kier alpha value is -4.34. The molecular formula is C24H26N6O4. The van der Waals surface area contributed by atoms with E-state index in [9.17, 15) is 4.79 Å². The van der Waals surface area contributed by atoms with E-state index in [1.54, 1.807) is 33.3 Å². The van der Waals surface area contributed by atoms with Gasteiger partial charge in [0.05, 0.1) is 26.3 Å². The average Bonchev–Trinajstić information content (AvgIpc) is 3.35. The number of nitrogens with zero attached hydrogens (tertiary/aromatic N) is 4. The van der Waals surface area contributed by atoms with Crippen molar-refractivity contribution in [2.45, 2.75) is 27.3 Å². The Morgan fingerprint density at radius 3 is 2.50 bits per heavy atom. The molecule has 176 valence electrons. The molecule has 4 rings (SSSR count). The molecule has 0 radical (unpaired) electrons. The summed E-state index contributed by atoms with van der Waals surface area (Å²) in [7, 11) is 3.15. The molecule has 0 atom stereocenters. The Morgan fingerprint density at radius 1 is 1.09 bits per heavy atom. The van der Waals surface area contributed by atoms with Crippen LogP contribution in [0.15, 0.2) is 40.8 Å². The molecule has 34 heavy (non-hydrogen) atoms. The van der Waals surface area contributed by atoms with E-state index in [2.05, 4.69) is 20.6 Å². The van der Waals surface area contributed by atoms with Crippen molar-refractivity contribution in [3.8, 4) is 23.0 Å². The molecule has 10 nitrogen and oxygen atoms in total. The number of aryl methyl sites for hydroxylation is 3. The van der Waals surface area contributed by atoms with Crippen molar-refractivity contribution < 1.29 is 18.7 Å². The lowest BCUT2D eigenvalue weighted by Gasteiger charge is -2.07. The van der Waals surface area contributed by atoms with Gasteiger partial charge >= 0.3 is 0 Å². The summed E-state index contributed by atoms with van der Waals surface area (Å²) >= 11 is 0. The zero-order valence-corrected chi connectivity index (χ0v) is 19.7. The monoisotopic (exact) mass is 462 g/mol. The fourth-order valence-electron chi connectivity index (χ4n) is 3.64. The van der Waals surface area contributed by atoms with Gasteiger partial charge in [-0.05, 0) is 56.2 Å². The summed E-state index contributed by atoms with van der Waals surface area (Å²) in [4.78, 5) is 17.3. The molecule has 0 spiro atoms. The van der Waals surface area contributed by atoms with Crippen molar-refractivity contribution in [1.29, 1.82) is 0 Å². The summed E-state index contributed by atoms with van der Waals surface area (Å²) in [6.07, 6.45) is 0. The summed E-state index contributed by atoms with van der Waals surface area (Å²) in [5.74, 6) is 1.90. The predicted molar refractivity (Wildman–Crippen MR) is 127 cm³/mol. The third-order valence-corrected chi connectivity index (χ3v) is 5.30. The minimum absolute atomic E-state index is 0.0392. The van der Waals surface area contributed by atoms with Crippen LogP contribution in [0.1, 0.15) is 33.1 Å². The summed E-state index contributed by atoms with van der Waals surface area (Å²) in [6, 6.07) is 11.1. The largest absolute Gasteiger partial charge is 0.497 e. The van der Waals surface area contributed by atoms with Crippen LogP contribution in [0.3, 0.4) is 0 Å². The summed E-state index contributed by atoms with van der Waals surface area (Å²) < 4.78 is 18.0. The maximum Gasteiger partial charge on any atom is 0.280 e. The number of nitrogens with two attached hydrogens (primary N) is 1. The lowest BCUT2D eigenvalue weighted by atomic mass is 10.1. The number of hydrogen-bond donors (Lipinski definition) is 2. The number of carbonyl (C=O) groups is 1. The second-order valence-electron chi connectivity index (χ2n) is 7.90. The van der Waals surface area contributed by atoms with Crippen LogP contribution in [0.25, 0.3) is 11.5 Å². The maximum atomic E-state index is 12.7. The van der Waals surface area contributed by atoms with Crippen LogP contribution >= 0.6 is 0 Å². The van der Waals surface area contributed by atoms with E-state index >= 15 is 0 Å². The number of carbonyl (C=O) groups excluding carboxylic acids is 1. The molecule has 2 heterocycles. The first-order valence-corrected chi connectivity index (χ1v) is 10.6. The molecule has 0 aliphatic carbocycles. The number of anilines is 2. The van der Waals surface area contributed by atoms with E-state index in [1.807, 2.05) is 38.1 Å². The van der Waals surface area contributed by atoms with E-state index in [1.165, 1.54) is 4.68 Å². The topological polar surface area (TPSA) is 130 Å². The number of amides is 1. The number of hydrogen-bond acceptors (Lipinski definition) is 8. The summed E-state index contributed by atoms with van der Waals surface area (Å²) in [5, 5.41) is 10.8. The summed E-state index contributed by atoms with van der Waals surface area (Å²) in [6.45, 7) is 5.90. The van der Waals surface area contributed by atoms with Gasteiger partial charge in [-0.15, -0.1) is 5.10 Å². The van der Waals surface area contributed by atoms with E-state index in [-0.39, 0.29) is 18.1 Å². The van der Waals surface area contributed by atoms with Crippen molar-refractivity contribution in [3.05, 3.63) is 64.7 Å². The molecule has 0 aliphatic heterocycles. The lowest BCUT2D eigenvalue weighted by Crippen LogP contribution is -2.15. The highest BCUT2D eigenvalue weighted by Gasteiger charge is 2.21. The molecule has 0 bridgehead atoms. The lowest BCUT2D eigenvalue weighted by molar-refractivity contribution is 0.102. The third-order valence-electron chi connectivity index (χ3n) is 5.30. The van der Waals surface area contributed by atoms with Crippen LogP contribution < -0.4 is 20.5 Å². The first-order valence-electron chi connectivity index (χ1n) is 10.6. The fraction of sp³-hybridized carbons (Fsp3) is 0.250. The molecule has 0 saturated carbocycles. The van der Waals surface area contributed by atoms with Gasteiger partial charge in [-0.1, -0.05) is 11.3 Å². The van der Waals surface area contributed by atoms with Crippen molar-refractivity contribution >= 4 is 17.4 Å². The highest BCUT2D eigenvalue weighted by Crippen LogP contribution is 2.34. The Morgan fingerprint density at radius 2 is 1.82 bits per heavy atom. The van der Waals surface area contributed by atoms with Gasteiger partial charge in [-0.25, -0.2) is 9.67 Å². The molecule has 2 aromatic heterocycles. The number of benzene rings is 2. The molecule has 0 fully saturated rings. The molecule has 10 heteroatoms. The van der Waals surface area contributed by atoms with Gasteiger partial charge in [0.2, 0.25) is 5.89 Å². The molecular weight excluding hydrogens is 436 g/mol. The van der Waals surface area contributed by atoms with Crippen LogP contribution in [-0.2, 0) is 6.54 Å². The van der Waals surface area contributed by atoms with Crippen LogP contribution in [0, 0.1) is 20.8 Å². The Kier molecular flexibility index (Phi) is 6.22. The van der Waals surface area contributed by atoms with Gasteiger partial charge in [-0.3, -0.25) is 4.79 Å². The molecule has 3 N–H and O–H groups in total. The number of rotatable bonds is 7. The third kappa shape index (κ3) is 4.56. The number of methoxy groups -OCH3 is 2.